The first-order valence-electron chi connectivity index (χ1n) is 7.34. The van der Waals surface area contributed by atoms with Gasteiger partial charge in [0, 0.05) is 18.0 Å². The number of aryl methyl sites for hydroxylation is 1. The van der Waals surface area contributed by atoms with Crippen molar-refractivity contribution in [1.82, 2.24) is 4.90 Å². The monoisotopic (exact) mass is 243 g/mol. The molecule has 1 aromatic carbocycles. The van der Waals surface area contributed by atoms with Crippen LogP contribution < -0.4 is 0 Å². The highest BCUT2D eigenvalue weighted by Gasteiger charge is 2.51. The Bertz CT molecular complexity index is 453. The van der Waals surface area contributed by atoms with Gasteiger partial charge in [0.25, 0.3) is 0 Å². The number of rotatable bonds is 1. The molecule has 0 saturated carbocycles. The number of hydrogen-bond acceptors (Lipinski definition) is 1. The predicted octanol–water partition coefficient (Wildman–Crippen LogP) is 3.97. The van der Waals surface area contributed by atoms with E-state index in [0.29, 0.717) is 17.4 Å². The van der Waals surface area contributed by atoms with Gasteiger partial charge in [0.05, 0.1) is 0 Å². The second-order valence-corrected chi connectivity index (χ2v) is 6.77. The summed E-state index contributed by atoms with van der Waals surface area (Å²) in [5, 5.41) is 0. The summed E-state index contributed by atoms with van der Waals surface area (Å²) in [6.07, 6.45) is 2.72. The summed E-state index contributed by atoms with van der Waals surface area (Å²) in [5.74, 6) is 0.712. The summed E-state index contributed by atoms with van der Waals surface area (Å²) in [7, 11) is 0. The van der Waals surface area contributed by atoms with Crippen molar-refractivity contribution in [2.45, 2.75) is 58.5 Å². The predicted molar refractivity (Wildman–Crippen MR) is 76.9 cm³/mol. The van der Waals surface area contributed by atoms with Gasteiger partial charge in [-0.2, -0.15) is 0 Å². The summed E-state index contributed by atoms with van der Waals surface area (Å²) in [5.41, 5.74) is 3.56. The van der Waals surface area contributed by atoms with Gasteiger partial charge in [0.1, 0.15) is 0 Å². The van der Waals surface area contributed by atoms with Crippen LogP contribution in [-0.2, 0) is 0 Å². The molecule has 4 rings (SSSR count). The zero-order chi connectivity index (χ0) is 12.9. The van der Waals surface area contributed by atoms with Crippen LogP contribution in [-0.4, -0.2) is 23.5 Å². The largest absolute Gasteiger partial charge is 0.297 e. The second kappa shape index (κ2) is 4.09. The van der Waals surface area contributed by atoms with Crippen LogP contribution >= 0.6 is 0 Å². The van der Waals surface area contributed by atoms with Crippen LogP contribution in [0.5, 0.6) is 0 Å². The molecule has 1 heteroatoms. The van der Waals surface area contributed by atoms with E-state index in [1.165, 1.54) is 24.9 Å². The van der Waals surface area contributed by atoms with Gasteiger partial charge in [0.15, 0.2) is 0 Å². The van der Waals surface area contributed by atoms with Gasteiger partial charge in [-0.15, -0.1) is 0 Å². The molecular weight excluding hydrogens is 218 g/mol. The summed E-state index contributed by atoms with van der Waals surface area (Å²) in [6, 6.07) is 10.4. The van der Waals surface area contributed by atoms with Gasteiger partial charge in [-0.3, -0.25) is 4.90 Å². The first-order valence-corrected chi connectivity index (χ1v) is 7.34. The minimum Gasteiger partial charge on any atom is -0.297 e. The third kappa shape index (κ3) is 1.64. The van der Waals surface area contributed by atoms with Gasteiger partial charge in [-0.1, -0.05) is 31.2 Å². The molecule has 3 aliphatic rings. The van der Waals surface area contributed by atoms with Crippen LogP contribution in [0.2, 0.25) is 0 Å². The van der Waals surface area contributed by atoms with Crippen molar-refractivity contribution in [3.05, 3.63) is 35.4 Å². The fourth-order valence-corrected chi connectivity index (χ4v) is 4.73. The molecule has 3 heterocycles. The van der Waals surface area contributed by atoms with E-state index in [2.05, 4.69) is 56.9 Å². The lowest BCUT2D eigenvalue weighted by atomic mass is 9.58. The highest BCUT2D eigenvalue weighted by atomic mass is 15.2. The van der Waals surface area contributed by atoms with E-state index >= 15 is 0 Å². The molecule has 5 atom stereocenters. The third-order valence-electron chi connectivity index (χ3n) is 5.55. The summed E-state index contributed by atoms with van der Waals surface area (Å²) >= 11 is 0. The first kappa shape index (κ1) is 12.2. The van der Waals surface area contributed by atoms with Crippen LogP contribution in [0.4, 0.5) is 0 Å². The Kier molecular flexibility index (Phi) is 2.78. The van der Waals surface area contributed by atoms with Gasteiger partial charge >= 0.3 is 0 Å². The number of hydrogen-bond donors (Lipinski definition) is 0. The van der Waals surface area contributed by atoms with Crippen LogP contribution in [0.15, 0.2) is 24.3 Å². The molecule has 4 unspecified atom stereocenters. The van der Waals surface area contributed by atoms with E-state index in [4.69, 9.17) is 0 Å². The Morgan fingerprint density at radius 1 is 1.22 bits per heavy atom. The van der Waals surface area contributed by atoms with Gasteiger partial charge in [-0.25, -0.2) is 0 Å². The van der Waals surface area contributed by atoms with Crippen molar-refractivity contribution in [1.29, 1.82) is 0 Å². The fraction of sp³-hybridized carbons (Fsp3) is 0.647. The molecular formula is C17H25N. The number of fused-ring (bicyclic) bond motifs is 3. The van der Waals surface area contributed by atoms with E-state index in [-0.39, 0.29) is 0 Å². The van der Waals surface area contributed by atoms with E-state index < -0.39 is 0 Å². The number of benzene rings is 1. The molecule has 0 amide bonds. The molecule has 0 N–H and O–H groups in total. The van der Waals surface area contributed by atoms with E-state index in [0.717, 1.165) is 6.04 Å². The maximum absolute atomic E-state index is 2.72. The summed E-state index contributed by atoms with van der Waals surface area (Å²) < 4.78 is 0. The molecule has 3 fully saturated rings. The van der Waals surface area contributed by atoms with Crippen molar-refractivity contribution < 1.29 is 0 Å². The van der Waals surface area contributed by atoms with Crippen molar-refractivity contribution in [2.75, 3.05) is 6.54 Å². The zero-order valence-electron chi connectivity index (χ0n) is 12.1. The molecule has 3 aliphatic heterocycles. The molecule has 98 valence electrons. The molecule has 1 aromatic rings. The van der Waals surface area contributed by atoms with Crippen molar-refractivity contribution >= 4 is 0 Å². The Morgan fingerprint density at radius 2 is 1.94 bits per heavy atom. The smallest absolute Gasteiger partial charge is 0.0144 e. The topological polar surface area (TPSA) is 3.24 Å². The van der Waals surface area contributed by atoms with Crippen molar-refractivity contribution in [2.24, 2.45) is 5.41 Å². The van der Waals surface area contributed by atoms with Crippen LogP contribution in [0, 0.1) is 12.3 Å². The molecule has 18 heavy (non-hydrogen) atoms. The van der Waals surface area contributed by atoms with E-state index in [1.54, 1.807) is 5.56 Å². The molecule has 0 aliphatic carbocycles. The van der Waals surface area contributed by atoms with Gasteiger partial charge in [-0.05, 0) is 56.7 Å². The lowest BCUT2D eigenvalue weighted by Gasteiger charge is -2.59. The maximum Gasteiger partial charge on any atom is 0.0144 e. The van der Waals surface area contributed by atoms with Crippen LogP contribution in [0.3, 0.4) is 0 Å². The Balaban J connectivity index is 2.05. The summed E-state index contributed by atoms with van der Waals surface area (Å²) in [4.78, 5) is 2.72. The van der Waals surface area contributed by atoms with E-state index in [9.17, 15) is 0 Å². The first-order chi connectivity index (χ1) is 8.53. The lowest BCUT2D eigenvalue weighted by Crippen LogP contribution is -2.60. The zero-order valence-corrected chi connectivity index (χ0v) is 12.1. The summed E-state index contributed by atoms with van der Waals surface area (Å²) in [6.45, 7) is 10.9. The van der Waals surface area contributed by atoms with Gasteiger partial charge < -0.3 is 0 Å². The average Bonchev–Trinajstić information content (AvgIpc) is 2.30. The van der Waals surface area contributed by atoms with Crippen molar-refractivity contribution in [3.63, 3.8) is 0 Å². The number of nitrogens with zero attached hydrogens (tertiary/aromatic N) is 1. The molecule has 0 aromatic heterocycles. The molecule has 0 spiro atoms. The van der Waals surface area contributed by atoms with Crippen LogP contribution in [0.25, 0.3) is 0 Å². The SMILES string of the molecule is Cc1ccccc1C1[C@@H](C)N2CCC1(C)CC2C. The Labute approximate surface area is 111 Å². The average molecular weight is 243 g/mol. The van der Waals surface area contributed by atoms with Crippen molar-refractivity contribution in [3.8, 4) is 0 Å². The highest BCUT2D eigenvalue weighted by Crippen LogP contribution is 2.54. The van der Waals surface area contributed by atoms with Gasteiger partial charge in [0.2, 0.25) is 0 Å². The molecule has 0 radical (unpaired) electrons. The Morgan fingerprint density at radius 3 is 2.56 bits per heavy atom. The molecule has 2 bridgehead atoms. The lowest BCUT2D eigenvalue weighted by molar-refractivity contribution is -0.0624. The normalized spacial score (nSPS) is 43.1. The molecule has 1 nitrogen and oxygen atoms in total. The quantitative estimate of drug-likeness (QED) is 0.721. The minimum absolute atomic E-state index is 0.500. The second-order valence-electron chi connectivity index (χ2n) is 6.77. The minimum atomic E-state index is 0.500. The Hall–Kier alpha value is -0.820. The van der Waals surface area contributed by atoms with E-state index in [1.807, 2.05) is 0 Å². The number of piperidine rings is 3. The fourth-order valence-electron chi connectivity index (χ4n) is 4.73. The maximum atomic E-state index is 2.72. The standard InChI is InChI=1S/C17H25N/c1-12-7-5-6-8-15(12)16-14(3)18-10-9-17(16,4)11-13(18)2/h5-8,13-14,16H,9-11H2,1-4H3/t13?,14-,16?,17?/m1/s1. The van der Waals surface area contributed by atoms with Crippen LogP contribution in [0.1, 0.15) is 50.7 Å². The highest BCUT2D eigenvalue weighted by molar-refractivity contribution is 5.33. The third-order valence-corrected chi connectivity index (χ3v) is 5.55. The molecule has 3 saturated heterocycles.